The number of rotatable bonds is 1. The largest absolute Gasteiger partial charge is 0.310 e. The summed E-state index contributed by atoms with van der Waals surface area (Å²) < 4.78 is 0. The summed E-state index contributed by atoms with van der Waals surface area (Å²) in [6, 6.07) is 4.70. The molecule has 84 valence electrons. The number of nitrogens with one attached hydrogen (secondary N) is 1. The lowest BCUT2D eigenvalue weighted by Gasteiger charge is -2.23. The van der Waals surface area contributed by atoms with Crippen molar-refractivity contribution in [3.63, 3.8) is 0 Å². The molecular weight excluding hydrogens is 184 g/mol. The summed E-state index contributed by atoms with van der Waals surface area (Å²) in [7, 11) is 0. The first-order chi connectivity index (χ1) is 7.38. The molecule has 0 saturated carbocycles. The van der Waals surface area contributed by atoms with Gasteiger partial charge in [0.1, 0.15) is 0 Å². The Hall–Kier alpha value is -0.890. The van der Waals surface area contributed by atoms with Crippen LogP contribution in [-0.2, 0) is 0 Å². The van der Waals surface area contributed by atoms with E-state index in [1.807, 2.05) is 18.5 Å². The summed E-state index contributed by atoms with van der Waals surface area (Å²) in [5.74, 6) is 0. The molecule has 1 aromatic rings. The lowest BCUT2D eigenvalue weighted by atomic mass is 9.99. The first kappa shape index (κ1) is 12.2. The molecule has 1 atom stereocenters. The van der Waals surface area contributed by atoms with E-state index in [0.29, 0.717) is 6.04 Å². The van der Waals surface area contributed by atoms with Gasteiger partial charge in [0, 0.05) is 18.4 Å². The topological polar surface area (TPSA) is 24.9 Å². The lowest BCUT2D eigenvalue weighted by molar-refractivity contribution is 0.411. The Labute approximate surface area is 93.1 Å². The van der Waals surface area contributed by atoms with Gasteiger partial charge < -0.3 is 5.32 Å². The predicted molar refractivity (Wildman–Crippen MR) is 64.8 cm³/mol. The average molecular weight is 206 g/mol. The first-order valence-corrected chi connectivity index (χ1v) is 6.01. The summed E-state index contributed by atoms with van der Waals surface area (Å²) in [5.41, 5.74) is 1.33. The maximum Gasteiger partial charge on any atom is 0.0335 e. The number of pyridine rings is 1. The van der Waals surface area contributed by atoms with Crippen LogP contribution >= 0.6 is 0 Å². The molecule has 0 bridgehead atoms. The molecule has 1 aliphatic rings. The quantitative estimate of drug-likeness (QED) is 0.762. The van der Waals surface area contributed by atoms with Gasteiger partial charge in [-0.1, -0.05) is 32.8 Å². The Morgan fingerprint density at radius 1 is 1.40 bits per heavy atom. The van der Waals surface area contributed by atoms with Crippen LogP contribution in [0.25, 0.3) is 0 Å². The fraction of sp³-hybridized carbons (Fsp3) is 0.615. The molecule has 2 nitrogen and oxygen atoms in total. The van der Waals surface area contributed by atoms with E-state index in [1.165, 1.54) is 31.2 Å². The van der Waals surface area contributed by atoms with Gasteiger partial charge in [-0.15, -0.1) is 0 Å². The summed E-state index contributed by atoms with van der Waals surface area (Å²) in [6.07, 6.45) is 8.95. The third-order valence-electron chi connectivity index (χ3n) is 2.40. The molecule has 0 aromatic carbocycles. The van der Waals surface area contributed by atoms with Gasteiger partial charge in [-0.25, -0.2) is 0 Å². The van der Waals surface area contributed by atoms with Crippen LogP contribution in [0.4, 0.5) is 0 Å². The molecular formula is C13H22N2. The van der Waals surface area contributed by atoms with E-state index >= 15 is 0 Å². The first-order valence-electron chi connectivity index (χ1n) is 6.01. The number of nitrogens with zero attached hydrogens (tertiary/aromatic N) is 1. The van der Waals surface area contributed by atoms with Crippen molar-refractivity contribution in [2.24, 2.45) is 0 Å². The monoisotopic (exact) mass is 206 g/mol. The van der Waals surface area contributed by atoms with Gasteiger partial charge in [0.2, 0.25) is 0 Å². The van der Waals surface area contributed by atoms with E-state index in [1.54, 1.807) is 0 Å². The van der Waals surface area contributed by atoms with Crippen LogP contribution in [-0.4, -0.2) is 11.5 Å². The molecule has 1 N–H and O–H groups in total. The summed E-state index contributed by atoms with van der Waals surface area (Å²) in [5, 5.41) is 3.50. The molecule has 1 saturated heterocycles. The van der Waals surface area contributed by atoms with Crippen LogP contribution in [0.5, 0.6) is 0 Å². The predicted octanol–water partition coefficient (Wildman–Crippen LogP) is 3.31. The SMILES string of the molecule is CCC.c1cncc(C2CCCCN2)c1. The highest BCUT2D eigenvalue weighted by Crippen LogP contribution is 2.21. The third kappa shape index (κ3) is 4.43. The van der Waals surface area contributed by atoms with Gasteiger partial charge in [-0.2, -0.15) is 0 Å². The third-order valence-corrected chi connectivity index (χ3v) is 2.40. The number of hydrogen-bond donors (Lipinski definition) is 1. The number of hydrogen-bond acceptors (Lipinski definition) is 2. The van der Waals surface area contributed by atoms with Crippen molar-refractivity contribution >= 4 is 0 Å². The second-order valence-corrected chi connectivity index (χ2v) is 4.00. The normalized spacial score (nSPS) is 20.3. The van der Waals surface area contributed by atoms with Crippen LogP contribution in [0, 0.1) is 0 Å². The standard InChI is InChI=1S/C10H14N2.C3H8/c1-2-7-12-10(5-1)9-4-3-6-11-8-9;1-3-2/h3-4,6,8,10,12H,1-2,5,7H2;3H2,1-2H3. The zero-order valence-electron chi connectivity index (χ0n) is 9.87. The minimum atomic E-state index is 0.549. The van der Waals surface area contributed by atoms with Crippen molar-refractivity contribution < 1.29 is 0 Å². The average Bonchev–Trinajstić information content (AvgIpc) is 2.32. The Bertz CT molecular complexity index is 240. The Kier molecular flexibility index (Phi) is 6.02. The van der Waals surface area contributed by atoms with E-state index in [9.17, 15) is 0 Å². The fourth-order valence-corrected chi connectivity index (χ4v) is 1.72. The molecule has 1 unspecified atom stereocenters. The molecule has 1 fully saturated rings. The highest BCUT2D eigenvalue weighted by molar-refractivity contribution is 5.14. The van der Waals surface area contributed by atoms with Crippen molar-refractivity contribution in [3.05, 3.63) is 30.1 Å². The molecule has 0 aliphatic carbocycles. The van der Waals surface area contributed by atoms with Gasteiger partial charge in [0.15, 0.2) is 0 Å². The zero-order chi connectivity index (χ0) is 10.9. The molecule has 2 heteroatoms. The Morgan fingerprint density at radius 2 is 2.20 bits per heavy atom. The molecule has 1 aromatic heterocycles. The van der Waals surface area contributed by atoms with Gasteiger partial charge in [0.25, 0.3) is 0 Å². The lowest BCUT2D eigenvalue weighted by Crippen LogP contribution is -2.26. The van der Waals surface area contributed by atoms with Gasteiger partial charge >= 0.3 is 0 Å². The summed E-state index contributed by atoms with van der Waals surface area (Å²) in [4.78, 5) is 4.12. The highest BCUT2D eigenvalue weighted by Gasteiger charge is 2.13. The van der Waals surface area contributed by atoms with Crippen molar-refractivity contribution in [3.8, 4) is 0 Å². The van der Waals surface area contributed by atoms with Crippen LogP contribution in [0.3, 0.4) is 0 Å². The maximum absolute atomic E-state index is 4.12. The van der Waals surface area contributed by atoms with E-state index in [2.05, 4.69) is 30.2 Å². The smallest absolute Gasteiger partial charge is 0.0335 e. The van der Waals surface area contributed by atoms with E-state index in [-0.39, 0.29) is 0 Å². The highest BCUT2D eigenvalue weighted by atomic mass is 14.9. The second-order valence-electron chi connectivity index (χ2n) is 4.00. The van der Waals surface area contributed by atoms with Crippen molar-refractivity contribution in [1.82, 2.24) is 10.3 Å². The number of aromatic nitrogens is 1. The Morgan fingerprint density at radius 3 is 2.73 bits per heavy atom. The minimum Gasteiger partial charge on any atom is -0.310 e. The van der Waals surface area contributed by atoms with Crippen LogP contribution in [0.1, 0.15) is 51.1 Å². The molecule has 0 radical (unpaired) electrons. The van der Waals surface area contributed by atoms with E-state index in [0.717, 1.165) is 6.54 Å². The summed E-state index contributed by atoms with van der Waals surface area (Å²) in [6.45, 7) is 5.40. The van der Waals surface area contributed by atoms with Crippen molar-refractivity contribution in [2.45, 2.75) is 45.6 Å². The fourth-order valence-electron chi connectivity index (χ4n) is 1.72. The van der Waals surface area contributed by atoms with Gasteiger partial charge in [-0.05, 0) is 31.0 Å². The molecule has 0 spiro atoms. The zero-order valence-corrected chi connectivity index (χ0v) is 9.87. The molecule has 15 heavy (non-hydrogen) atoms. The van der Waals surface area contributed by atoms with Crippen LogP contribution in [0.15, 0.2) is 24.5 Å². The van der Waals surface area contributed by atoms with Crippen LogP contribution < -0.4 is 5.32 Å². The van der Waals surface area contributed by atoms with E-state index in [4.69, 9.17) is 0 Å². The molecule has 2 heterocycles. The van der Waals surface area contributed by atoms with Gasteiger partial charge in [0.05, 0.1) is 0 Å². The Balaban J connectivity index is 0.000000337. The maximum atomic E-state index is 4.12. The van der Waals surface area contributed by atoms with Crippen LogP contribution in [0.2, 0.25) is 0 Å². The van der Waals surface area contributed by atoms with Gasteiger partial charge in [-0.3, -0.25) is 4.98 Å². The van der Waals surface area contributed by atoms with Crippen molar-refractivity contribution in [1.29, 1.82) is 0 Å². The molecule has 0 amide bonds. The summed E-state index contributed by atoms with van der Waals surface area (Å²) >= 11 is 0. The minimum absolute atomic E-state index is 0.549. The van der Waals surface area contributed by atoms with Crippen molar-refractivity contribution in [2.75, 3.05) is 6.54 Å². The second kappa shape index (κ2) is 7.41. The molecule has 2 rings (SSSR count). The number of piperidine rings is 1. The van der Waals surface area contributed by atoms with E-state index < -0.39 is 0 Å². The molecule has 1 aliphatic heterocycles.